The van der Waals surface area contributed by atoms with Gasteiger partial charge in [0, 0.05) is 49.2 Å². The predicted octanol–water partition coefficient (Wildman–Crippen LogP) is 2.35. The number of carbonyl (C=O) groups is 1. The molecule has 0 radical (unpaired) electrons. The maximum Gasteiger partial charge on any atom is 0.241 e. The van der Waals surface area contributed by atoms with E-state index in [0.717, 1.165) is 42.7 Å². The molecule has 1 atom stereocenters. The van der Waals surface area contributed by atoms with Crippen molar-refractivity contribution in [1.82, 2.24) is 14.9 Å². The quantitative estimate of drug-likeness (QED) is 0.829. The number of nitrogens with one attached hydrogen (secondary N) is 1. The normalized spacial score (nSPS) is 16.5. The molecular formula is C18H23N5OS. The fourth-order valence-electron chi connectivity index (χ4n) is 2.88. The molecule has 2 aromatic rings. The molecular weight excluding hydrogens is 334 g/mol. The highest BCUT2D eigenvalue weighted by molar-refractivity contribution is 7.98. The summed E-state index contributed by atoms with van der Waals surface area (Å²) in [6, 6.07) is 9.57. The molecule has 0 aliphatic carbocycles. The molecule has 0 spiro atoms. The van der Waals surface area contributed by atoms with E-state index >= 15 is 0 Å². The molecule has 25 heavy (non-hydrogen) atoms. The van der Waals surface area contributed by atoms with Crippen molar-refractivity contribution in [3.8, 4) is 0 Å². The topological polar surface area (TPSA) is 61.4 Å². The van der Waals surface area contributed by atoms with E-state index in [2.05, 4.69) is 25.1 Å². The first-order valence-corrected chi connectivity index (χ1v) is 9.61. The molecule has 1 N–H and O–H groups in total. The van der Waals surface area contributed by atoms with Gasteiger partial charge in [0.25, 0.3) is 0 Å². The minimum atomic E-state index is -0.170. The van der Waals surface area contributed by atoms with E-state index in [-0.39, 0.29) is 11.9 Å². The number of piperazine rings is 1. The summed E-state index contributed by atoms with van der Waals surface area (Å²) in [5.41, 5.74) is 0.847. The number of carbonyl (C=O) groups excluding carboxylic acids is 1. The highest BCUT2D eigenvalue weighted by Gasteiger charge is 2.26. The summed E-state index contributed by atoms with van der Waals surface area (Å²) in [4.78, 5) is 26.7. The van der Waals surface area contributed by atoms with Crippen molar-refractivity contribution in [1.29, 1.82) is 0 Å². The zero-order chi connectivity index (χ0) is 17.6. The summed E-state index contributed by atoms with van der Waals surface area (Å²) in [6.45, 7) is 5.24. The van der Waals surface area contributed by atoms with E-state index in [1.807, 2.05) is 43.5 Å². The van der Waals surface area contributed by atoms with Gasteiger partial charge >= 0.3 is 0 Å². The smallest absolute Gasteiger partial charge is 0.241 e. The molecule has 2 heterocycles. The van der Waals surface area contributed by atoms with Crippen LogP contribution in [-0.2, 0) is 4.79 Å². The molecule has 1 amide bonds. The number of rotatable bonds is 5. The number of hydrogen-bond donors (Lipinski definition) is 1. The lowest BCUT2D eigenvalue weighted by Crippen LogP contribution is -2.53. The van der Waals surface area contributed by atoms with E-state index in [9.17, 15) is 4.79 Å². The van der Waals surface area contributed by atoms with Crippen molar-refractivity contribution < 1.29 is 4.79 Å². The van der Waals surface area contributed by atoms with Gasteiger partial charge in [-0.05, 0) is 37.4 Å². The molecule has 1 aliphatic rings. The van der Waals surface area contributed by atoms with Crippen LogP contribution in [0.4, 0.5) is 11.6 Å². The summed E-state index contributed by atoms with van der Waals surface area (Å²) in [5.74, 6) is 0.788. The van der Waals surface area contributed by atoms with Crippen LogP contribution in [0.3, 0.4) is 0 Å². The second kappa shape index (κ2) is 8.31. The monoisotopic (exact) mass is 357 g/mol. The molecule has 1 aromatic heterocycles. The van der Waals surface area contributed by atoms with E-state index in [4.69, 9.17) is 0 Å². The standard InChI is InChI=1S/C18H23N5OS/c1-14(17(24)21-15-5-3-6-16(13-15)25-2)22-9-11-23(12-10-22)18-19-7-4-8-20-18/h3-8,13-14H,9-12H2,1-2H3,(H,21,24). The number of aromatic nitrogens is 2. The number of anilines is 2. The Labute approximate surface area is 152 Å². The molecule has 0 saturated carbocycles. The lowest BCUT2D eigenvalue weighted by Gasteiger charge is -2.37. The number of thioether (sulfide) groups is 1. The minimum absolute atomic E-state index is 0.0302. The summed E-state index contributed by atoms with van der Waals surface area (Å²) < 4.78 is 0. The fourth-order valence-corrected chi connectivity index (χ4v) is 3.34. The van der Waals surface area contributed by atoms with Crippen LogP contribution >= 0.6 is 11.8 Å². The second-order valence-corrected chi connectivity index (χ2v) is 6.85. The maximum absolute atomic E-state index is 12.6. The predicted molar refractivity (Wildman–Crippen MR) is 102 cm³/mol. The van der Waals surface area contributed by atoms with Crippen LogP contribution < -0.4 is 10.2 Å². The minimum Gasteiger partial charge on any atom is -0.338 e. The van der Waals surface area contributed by atoms with Crippen molar-refractivity contribution >= 4 is 29.3 Å². The summed E-state index contributed by atoms with van der Waals surface area (Å²) >= 11 is 1.67. The van der Waals surface area contributed by atoms with Gasteiger partial charge in [-0.3, -0.25) is 9.69 Å². The lowest BCUT2D eigenvalue weighted by atomic mass is 10.2. The van der Waals surface area contributed by atoms with Gasteiger partial charge in [0.2, 0.25) is 11.9 Å². The second-order valence-electron chi connectivity index (χ2n) is 5.97. The van der Waals surface area contributed by atoms with E-state index in [1.54, 1.807) is 24.2 Å². The van der Waals surface area contributed by atoms with Crippen LogP contribution in [0.25, 0.3) is 0 Å². The third-order valence-corrected chi connectivity index (χ3v) is 5.14. The number of hydrogen-bond acceptors (Lipinski definition) is 6. The van der Waals surface area contributed by atoms with Crippen molar-refractivity contribution in [3.05, 3.63) is 42.7 Å². The molecule has 1 aliphatic heterocycles. The van der Waals surface area contributed by atoms with Gasteiger partial charge < -0.3 is 10.2 Å². The van der Waals surface area contributed by atoms with Crippen molar-refractivity contribution in [2.24, 2.45) is 0 Å². The van der Waals surface area contributed by atoms with E-state index in [0.29, 0.717) is 0 Å². The lowest BCUT2D eigenvalue weighted by molar-refractivity contribution is -0.120. The van der Waals surface area contributed by atoms with Gasteiger partial charge in [0.05, 0.1) is 6.04 Å². The maximum atomic E-state index is 12.6. The van der Waals surface area contributed by atoms with E-state index in [1.165, 1.54) is 0 Å². The highest BCUT2D eigenvalue weighted by Crippen LogP contribution is 2.19. The SMILES string of the molecule is CSc1cccc(NC(=O)C(C)N2CCN(c3ncccn3)CC2)c1. The third kappa shape index (κ3) is 4.49. The van der Waals surface area contributed by atoms with Crippen molar-refractivity contribution in [2.45, 2.75) is 17.9 Å². The number of nitrogens with zero attached hydrogens (tertiary/aromatic N) is 4. The fraction of sp³-hybridized carbons (Fsp3) is 0.389. The molecule has 3 rings (SSSR count). The van der Waals surface area contributed by atoms with Gasteiger partial charge in [-0.1, -0.05) is 6.07 Å². The summed E-state index contributed by atoms with van der Waals surface area (Å²) in [7, 11) is 0. The molecule has 132 valence electrons. The van der Waals surface area contributed by atoms with Gasteiger partial charge in [0.1, 0.15) is 0 Å². The molecule has 0 bridgehead atoms. The first-order chi connectivity index (χ1) is 12.2. The first kappa shape index (κ1) is 17.7. The summed E-state index contributed by atoms with van der Waals surface area (Å²) in [5, 5.41) is 3.02. The Hall–Kier alpha value is -2.12. The Morgan fingerprint density at radius 3 is 2.56 bits per heavy atom. The average molecular weight is 357 g/mol. The van der Waals surface area contributed by atoms with Crippen LogP contribution in [-0.4, -0.2) is 59.3 Å². The number of benzene rings is 1. The average Bonchev–Trinajstić information content (AvgIpc) is 2.68. The Morgan fingerprint density at radius 1 is 1.16 bits per heavy atom. The largest absolute Gasteiger partial charge is 0.338 e. The van der Waals surface area contributed by atoms with Gasteiger partial charge in [-0.25, -0.2) is 9.97 Å². The summed E-state index contributed by atoms with van der Waals surface area (Å²) in [6.07, 6.45) is 5.54. The number of amides is 1. The van der Waals surface area contributed by atoms with Gasteiger partial charge in [-0.2, -0.15) is 0 Å². The van der Waals surface area contributed by atoms with Crippen LogP contribution in [0.2, 0.25) is 0 Å². The zero-order valence-electron chi connectivity index (χ0n) is 14.6. The zero-order valence-corrected chi connectivity index (χ0v) is 15.4. The van der Waals surface area contributed by atoms with Crippen LogP contribution in [0, 0.1) is 0 Å². The highest BCUT2D eigenvalue weighted by atomic mass is 32.2. The van der Waals surface area contributed by atoms with Crippen LogP contribution in [0.1, 0.15) is 6.92 Å². The van der Waals surface area contributed by atoms with Crippen LogP contribution in [0.5, 0.6) is 0 Å². The van der Waals surface area contributed by atoms with Crippen molar-refractivity contribution in [2.75, 3.05) is 42.7 Å². The molecule has 1 unspecified atom stereocenters. The van der Waals surface area contributed by atoms with Gasteiger partial charge in [0.15, 0.2) is 0 Å². The van der Waals surface area contributed by atoms with E-state index < -0.39 is 0 Å². The van der Waals surface area contributed by atoms with Gasteiger partial charge in [-0.15, -0.1) is 11.8 Å². The molecule has 1 fully saturated rings. The molecule has 1 saturated heterocycles. The van der Waals surface area contributed by atoms with Crippen LogP contribution in [0.15, 0.2) is 47.6 Å². The Morgan fingerprint density at radius 2 is 1.88 bits per heavy atom. The van der Waals surface area contributed by atoms with Crippen molar-refractivity contribution in [3.63, 3.8) is 0 Å². The molecule has 7 heteroatoms. The molecule has 1 aromatic carbocycles. The Bertz CT molecular complexity index is 704. The third-order valence-electron chi connectivity index (χ3n) is 4.41. The molecule has 6 nitrogen and oxygen atoms in total. The Kier molecular flexibility index (Phi) is 5.88. The first-order valence-electron chi connectivity index (χ1n) is 8.38. The Balaban J connectivity index is 1.54.